The summed E-state index contributed by atoms with van der Waals surface area (Å²) in [6, 6.07) is 17.7. The van der Waals surface area contributed by atoms with E-state index in [1.54, 1.807) is 11.8 Å². The molecular weight excluding hydrogens is 356 g/mol. The van der Waals surface area contributed by atoms with Gasteiger partial charge in [-0.1, -0.05) is 48.0 Å². The molecule has 144 valence electrons. The molecule has 0 saturated carbocycles. The van der Waals surface area contributed by atoms with E-state index in [0.717, 1.165) is 16.9 Å². The highest BCUT2D eigenvalue weighted by atomic mass is 32.2. The number of likely N-dealkylation sites (N-methyl/N-ethyl adjacent to an activating group) is 1. The van der Waals surface area contributed by atoms with E-state index < -0.39 is 6.04 Å². The molecule has 4 nitrogen and oxygen atoms in total. The molecule has 0 spiro atoms. The maximum absolute atomic E-state index is 12.9. The summed E-state index contributed by atoms with van der Waals surface area (Å²) in [5, 5.41) is 2.82. The van der Waals surface area contributed by atoms with Gasteiger partial charge in [0.15, 0.2) is 0 Å². The Kier molecular flexibility index (Phi) is 8.40. The van der Waals surface area contributed by atoms with Crippen LogP contribution in [-0.4, -0.2) is 41.6 Å². The largest absolute Gasteiger partial charge is 0.355 e. The van der Waals surface area contributed by atoms with Crippen LogP contribution in [0, 0.1) is 6.92 Å². The van der Waals surface area contributed by atoms with Crippen LogP contribution in [0.25, 0.3) is 0 Å². The molecule has 0 aliphatic carbocycles. The second kappa shape index (κ2) is 10.8. The fourth-order valence-corrected chi connectivity index (χ4v) is 3.54. The molecule has 2 aromatic rings. The first-order valence-electron chi connectivity index (χ1n) is 9.31. The number of nitrogens with one attached hydrogen (secondary N) is 1. The Morgan fingerprint density at radius 3 is 2.37 bits per heavy atom. The van der Waals surface area contributed by atoms with E-state index >= 15 is 0 Å². The number of hydrogen-bond donors (Lipinski definition) is 1. The van der Waals surface area contributed by atoms with Crippen molar-refractivity contribution < 1.29 is 9.59 Å². The molecular formula is C22H28N2O2S. The van der Waals surface area contributed by atoms with Crippen molar-refractivity contribution in [3.8, 4) is 0 Å². The second-order valence-corrected chi connectivity index (χ2v) is 7.54. The van der Waals surface area contributed by atoms with Gasteiger partial charge in [0.25, 0.3) is 0 Å². The average Bonchev–Trinajstić information content (AvgIpc) is 2.68. The van der Waals surface area contributed by atoms with Crippen molar-refractivity contribution in [1.29, 1.82) is 0 Å². The molecule has 0 aliphatic rings. The normalized spacial score (nSPS) is 11.7. The summed E-state index contributed by atoms with van der Waals surface area (Å²) >= 11 is 1.51. The van der Waals surface area contributed by atoms with E-state index in [4.69, 9.17) is 0 Å². The van der Waals surface area contributed by atoms with Gasteiger partial charge in [-0.05, 0) is 44.9 Å². The zero-order valence-corrected chi connectivity index (χ0v) is 17.1. The lowest BCUT2D eigenvalue weighted by Gasteiger charge is -2.28. The molecule has 2 aromatic carbocycles. The highest BCUT2D eigenvalue weighted by Crippen LogP contribution is 2.19. The molecule has 5 heteroatoms. The monoisotopic (exact) mass is 384 g/mol. The van der Waals surface area contributed by atoms with Crippen LogP contribution in [0.4, 0.5) is 0 Å². The van der Waals surface area contributed by atoms with Gasteiger partial charge in [-0.15, -0.1) is 11.8 Å². The van der Waals surface area contributed by atoms with Crippen molar-refractivity contribution in [3.05, 3.63) is 65.7 Å². The summed E-state index contributed by atoms with van der Waals surface area (Å²) in [4.78, 5) is 27.9. The molecule has 0 bridgehead atoms. The van der Waals surface area contributed by atoms with E-state index in [1.165, 1.54) is 17.3 Å². The Morgan fingerprint density at radius 2 is 1.74 bits per heavy atom. The molecule has 0 radical (unpaired) electrons. The number of carbonyl (C=O) groups is 2. The predicted molar refractivity (Wildman–Crippen MR) is 112 cm³/mol. The summed E-state index contributed by atoms with van der Waals surface area (Å²) in [6.45, 7) is 6.80. The summed E-state index contributed by atoms with van der Waals surface area (Å²) in [7, 11) is 0. The predicted octanol–water partition coefficient (Wildman–Crippen LogP) is 3.68. The highest BCUT2D eigenvalue weighted by Gasteiger charge is 2.25. The van der Waals surface area contributed by atoms with Crippen LogP contribution in [-0.2, 0) is 16.0 Å². The molecule has 2 rings (SSSR count). The van der Waals surface area contributed by atoms with Crippen molar-refractivity contribution in [1.82, 2.24) is 10.2 Å². The van der Waals surface area contributed by atoms with Crippen LogP contribution in [0.3, 0.4) is 0 Å². The van der Waals surface area contributed by atoms with E-state index in [2.05, 4.69) is 5.32 Å². The number of rotatable bonds is 9. The van der Waals surface area contributed by atoms with Crippen LogP contribution in [0.5, 0.6) is 0 Å². The van der Waals surface area contributed by atoms with Crippen molar-refractivity contribution in [2.75, 3.05) is 18.8 Å². The van der Waals surface area contributed by atoms with E-state index in [0.29, 0.717) is 18.8 Å². The van der Waals surface area contributed by atoms with Gasteiger partial charge < -0.3 is 10.2 Å². The summed E-state index contributed by atoms with van der Waals surface area (Å²) in [5.74, 6) is 0.191. The van der Waals surface area contributed by atoms with Crippen molar-refractivity contribution in [2.45, 2.75) is 38.1 Å². The molecule has 1 atom stereocenters. The Hall–Kier alpha value is -2.27. The van der Waals surface area contributed by atoms with E-state index in [-0.39, 0.29) is 11.8 Å². The zero-order chi connectivity index (χ0) is 19.6. The lowest BCUT2D eigenvalue weighted by molar-refractivity contribution is -0.137. The van der Waals surface area contributed by atoms with Crippen LogP contribution < -0.4 is 5.32 Å². The average molecular weight is 385 g/mol. The molecule has 0 saturated heterocycles. The second-order valence-electron chi connectivity index (χ2n) is 6.50. The Labute approximate surface area is 166 Å². The Bertz CT molecular complexity index is 732. The number of hydrogen-bond acceptors (Lipinski definition) is 3. The number of aryl methyl sites for hydroxylation is 1. The topological polar surface area (TPSA) is 49.4 Å². The van der Waals surface area contributed by atoms with Gasteiger partial charge in [-0.25, -0.2) is 0 Å². The first kappa shape index (κ1) is 21.0. The van der Waals surface area contributed by atoms with Crippen LogP contribution in [0.2, 0.25) is 0 Å². The third-order valence-corrected chi connectivity index (χ3v) is 5.38. The summed E-state index contributed by atoms with van der Waals surface area (Å²) in [5.41, 5.74) is 2.35. The van der Waals surface area contributed by atoms with Crippen LogP contribution in [0.15, 0.2) is 59.5 Å². The molecule has 2 amide bonds. The lowest BCUT2D eigenvalue weighted by atomic mass is 10.1. The Morgan fingerprint density at radius 1 is 1.07 bits per heavy atom. The minimum Gasteiger partial charge on any atom is -0.355 e. The maximum atomic E-state index is 12.9. The first-order chi connectivity index (χ1) is 13.0. The van der Waals surface area contributed by atoms with E-state index in [1.807, 2.05) is 68.4 Å². The van der Waals surface area contributed by atoms with Gasteiger partial charge >= 0.3 is 0 Å². The first-order valence-corrected chi connectivity index (χ1v) is 10.3. The maximum Gasteiger partial charge on any atom is 0.242 e. The fraction of sp³-hybridized carbons (Fsp3) is 0.364. The number of thioether (sulfide) groups is 1. The molecule has 27 heavy (non-hydrogen) atoms. The highest BCUT2D eigenvalue weighted by molar-refractivity contribution is 8.00. The van der Waals surface area contributed by atoms with Crippen LogP contribution >= 0.6 is 11.8 Å². The molecule has 0 aromatic heterocycles. The van der Waals surface area contributed by atoms with Gasteiger partial charge in [-0.2, -0.15) is 0 Å². The standard InChI is InChI=1S/C22H28N2O2S/c1-4-23-22(26)18(3)24(15-14-19-8-6-5-7-9-19)21(25)16-27-20-12-10-17(2)11-13-20/h5-13,18H,4,14-16H2,1-3H3,(H,23,26). The lowest BCUT2D eigenvalue weighted by Crippen LogP contribution is -2.49. The van der Waals surface area contributed by atoms with E-state index in [9.17, 15) is 9.59 Å². The van der Waals surface area contributed by atoms with Gasteiger partial charge in [0.1, 0.15) is 6.04 Å². The zero-order valence-electron chi connectivity index (χ0n) is 16.3. The minimum absolute atomic E-state index is 0.0183. The number of carbonyl (C=O) groups excluding carboxylic acids is 2. The smallest absolute Gasteiger partial charge is 0.242 e. The van der Waals surface area contributed by atoms with Gasteiger partial charge in [-0.3, -0.25) is 9.59 Å². The molecule has 0 heterocycles. The Balaban J connectivity index is 2.03. The number of amides is 2. The van der Waals surface area contributed by atoms with Crippen molar-refractivity contribution in [3.63, 3.8) is 0 Å². The molecule has 0 aliphatic heterocycles. The SMILES string of the molecule is CCNC(=O)C(C)N(CCc1ccccc1)C(=O)CSc1ccc(C)cc1. The molecule has 1 unspecified atom stereocenters. The third-order valence-electron chi connectivity index (χ3n) is 4.39. The van der Waals surface area contributed by atoms with Crippen LogP contribution in [0.1, 0.15) is 25.0 Å². The number of benzene rings is 2. The van der Waals surface area contributed by atoms with Gasteiger partial charge in [0.05, 0.1) is 5.75 Å². The molecule has 0 fully saturated rings. The molecule has 1 N–H and O–H groups in total. The fourth-order valence-electron chi connectivity index (χ4n) is 2.75. The van der Waals surface area contributed by atoms with Gasteiger partial charge in [0, 0.05) is 18.0 Å². The van der Waals surface area contributed by atoms with Gasteiger partial charge in [0.2, 0.25) is 11.8 Å². The van der Waals surface area contributed by atoms with Crippen molar-refractivity contribution in [2.24, 2.45) is 0 Å². The van der Waals surface area contributed by atoms with Crippen molar-refractivity contribution >= 4 is 23.6 Å². The third kappa shape index (κ3) is 6.75. The number of nitrogens with zero attached hydrogens (tertiary/aromatic N) is 1. The quantitative estimate of drug-likeness (QED) is 0.671. The summed E-state index contributed by atoms with van der Waals surface area (Å²) in [6.07, 6.45) is 0.728. The minimum atomic E-state index is -0.486. The summed E-state index contributed by atoms with van der Waals surface area (Å²) < 4.78 is 0.